The van der Waals surface area contributed by atoms with Gasteiger partial charge in [-0.3, -0.25) is 12.2 Å². The topological polar surface area (TPSA) is 0 Å². The molecule has 0 N–H and O–H groups in total. The minimum Gasteiger partial charge on any atom is -0.273 e. The van der Waals surface area contributed by atoms with Crippen molar-refractivity contribution in [3.63, 3.8) is 0 Å². The van der Waals surface area contributed by atoms with Crippen LogP contribution in [0.3, 0.4) is 0 Å². The molecule has 2 rings (SSSR count). The summed E-state index contributed by atoms with van der Waals surface area (Å²) in [6.45, 7) is 4.31. The van der Waals surface area contributed by atoms with Crippen LogP contribution in [-0.2, 0) is 25.8 Å². The van der Waals surface area contributed by atoms with E-state index in [1.807, 2.05) is 12.2 Å². The second-order valence-corrected chi connectivity index (χ2v) is 3.09. The molecule has 0 fully saturated rings. The molecule has 2 aliphatic rings. The van der Waals surface area contributed by atoms with Crippen molar-refractivity contribution in [2.45, 2.75) is 33.1 Å². The van der Waals surface area contributed by atoms with Crippen LogP contribution in [0, 0.1) is 12.2 Å². The molecule has 0 saturated carbocycles. The van der Waals surface area contributed by atoms with E-state index < -0.39 is 0 Å². The molecule has 90 valence electrons. The van der Waals surface area contributed by atoms with E-state index in [4.69, 9.17) is 0 Å². The Balaban J connectivity index is -0.000000189. The first-order valence-electron chi connectivity index (χ1n) is 4.83. The van der Waals surface area contributed by atoms with Gasteiger partial charge in [0.25, 0.3) is 0 Å². The summed E-state index contributed by atoms with van der Waals surface area (Å²) < 4.78 is 0. The van der Waals surface area contributed by atoms with Gasteiger partial charge in [-0.2, -0.15) is 17.7 Å². The molecule has 0 aromatic carbocycles. The first-order chi connectivity index (χ1) is 6.34. The molecule has 0 atom stereocenters. The smallest absolute Gasteiger partial charge is 0 e. The van der Waals surface area contributed by atoms with Crippen molar-refractivity contribution in [2.75, 3.05) is 0 Å². The van der Waals surface area contributed by atoms with Crippen LogP contribution in [0.1, 0.15) is 33.1 Å². The van der Waals surface area contributed by atoms with Gasteiger partial charge in [-0.15, -0.1) is 37.7 Å². The number of hydrogen-bond acceptors (Lipinski definition) is 0. The molecule has 0 nitrogen and oxygen atoms in total. The molecule has 0 aliphatic heterocycles. The first-order valence-corrected chi connectivity index (χ1v) is 4.83. The minimum atomic E-state index is 0. The van der Waals surface area contributed by atoms with Crippen LogP contribution >= 0.6 is 24.8 Å². The van der Waals surface area contributed by atoms with E-state index in [0.29, 0.717) is 0 Å². The van der Waals surface area contributed by atoms with Crippen LogP contribution < -0.4 is 0 Å². The molecule has 2 aliphatic carbocycles. The zero-order valence-corrected chi connectivity index (χ0v) is 15.0. The van der Waals surface area contributed by atoms with E-state index in [2.05, 4.69) is 38.2 Å². The van der Waals surface area contributed by atoms with Gasteiger partial charge in [0.1, 0.15) is 0 Å². The predicted molar refractivity (Wildman–Crippen MR) is 71.5 cm³/mol. The van der Waals surface area contributed by atoms with Gasteiger partial charge in [0.2, 0.25) is 0 Å². The molecule has 0 aromatic rings. The number of halogens is 2. The summed E-state index contributed by atoms with van der Waals surface area (Å²) in [4.78, 5) is 0. The van der Waals surface area contributed by atoms with E-state index in [1.165, 1.54) is 17.6 Å². The van der Waals surface area contributed by atoms with Crippen LogP contribution in [0.2, 0.25) is 0 Å². The molecule has 0 aromatic heterocycles. The molecule has 0 amide bonds. The van der Waals surface area contributed by atoms with Crippen LogP contribution in [0.25, 0.3) is 0 Å². The molecule has 16 heavy (non-hydrogen) atoms. The van der Waals surface area contributed by atoms with Crippen molar-refractivity contribution in [3.05, 3.63) is 47.6 Å². The third-order valence-corrected chi connectivity index (χ3v) is 2.16. The third-order valence-electron chi connectivity index (χ3n) is 2.16. The minimum absolute atomic E-state index is 0. The Kier molecular flexibility index (Phi) is 18.3. The Morgan fingerprint density at radius 3 is 2.12 bits per heavy atom. The fourth-order valence-corrected chi connectivity index (χ4v) is 1.34. The summed E-state index contributed by atoms with van der Waals surface area (Å²) in [6, 6.07) is 0. The van der Waals surface area contributed by atoms with E-state index in [-0.39, 0.29) is 50.7 Å². The monoisotopic (exact) mass is 424 g/mol. The largest absolute Gasteiger partial charge is 0.273 e. The van der Waals surface area contributed by atoms with Crippen LogP contribution in [-0.4, -0.2) is 0 Å². The standard InChI is InChI=1S/C8H11.C5H5.2ClH.Hf/c1-3-8-6-4-5-7(8)2;1-2-4-5-3-1;;;/h6H,3-4H2,1-2H3;1-3H,4H2;2*1H;/q2*-1;;;. The molecule has 0 heterocycles. The average molecular weight is 424 g/mol. The van der Waals surface area contributed by atoms with Crippen molar-refractivity contribution < 1.29 is 25.8 Å². The summed E-state index contributed by atoms with van der Waals surface area (Å²) in [5.74, 6) is 0. The molecule has 0 radical (unpaired) electrons. The number of hydrogen-bond donors (Lipinski definition) is 0. The summed E-state index contributed by atoms with van der Waals surface area (Å²) in [6.07, 6.45) is 17.7. The maximum atomic E-state index is 3.24. The van der Waals surface area contributed by atoms with Gasteiger partial charge in [0.15, 0.2) is 0 Å². The Bertz CT molecular complexity index is 266. The van der Waals surface area contributed by atoms with Crippen molar-refractivity contribution in [3.8, 4) is 0 Å². The molecule has 0 unspecified atom stereocenters. The quantitative estimate of drug-likeness (QED) is 0.426. The second-order valence-electron chi connectivity index (χ2n) is 3.09. The molecular weight excluding hydrogens is 406 g/mol. The average Bonchev–Trinajstić information content (AvgIpc) is 2.76. The van der Waals surface area contributed by atoms with E-state index >= 15 is 0 Å². The van der Waals surface area contributed by atoms with Crippen molar-refractivity contribution in [1.29, 1.82) is 0 Å². The van der Waals surface area contributed by atoms with Crippen molar-refractivity contribution in [2.24, 2.45) is 0 Å². The van der Waals surface area contributed by atoms with Gasteiger partial charge in [0.05, 0.1) is 0 Å². The Morgan fingerprint density at radius 2 is 1.94 bits per heavy atom. The summed E-state index contributed by atoms with van der Waals surface area (Å²) >= 11 is 0. The normalized spacial score (nSPS) is 14.6. The zero-order valence-electron chi connectivity index (χ0n) is 9.75. The van der Waals surface area contributed by atoms with Crippen LogP contribution in [0.15, 0.2) is 35.5 Å². The van der Waals surface area contributed by atoms with E-state index in [0.717, 1.165) is 12.8 Å². The van der Waals surface area contributed by atoms with Gasteiger partial charge >= 0.3 is 0 Å². The number of allylic oxidation sites excluding steroid dienone is 8. The zero-order chi connectivity index (χ0) is 9.52. The molecule has 0 bridgehead atoms. The van der Waals surface area contributed by atoms with Crippen molar-refractivity contribution >= 4 is 24.8 Å². The summed E-state index contributed by atoms with van der Waals surface area (Å²) in [5.41, 5.74) is 2.83. The van der Waals surface area contributed by atoms with Crippen LogP contribution in [0.5, 0.6) is 0 Å². The SMILES string of the molecule is CCC1=CC[C-]=C1C.Cl.Cl.[C-]1=CC=CC1.[Hf]. The Labute approximate surface area is 131 Å². The molecule has 0 saturated heterocycles. The maximum absolute atomic E-state index is 3.24. The van der Waals surface area contributed by atoms with Gasteiger partial charge < -0.3 is 0 Å². The summed E-state index contributed by atoms with van der Waals surface area (Å²) in [7, 11) is 0. The van der Waals surface area contributed by atoms with Crippen molar-refractivity contribution in [1.82, 2.24) is 0 Å². The van der Waals surface area contributed by atoms with Gasteiger partial charge in [-0.1, -0.05) is 20.3 Å². The molecular formula is C13H18Cl2Hf-2. The van der Waals surface area contributed by atoms with E-state index in [1.54, 1.807) is 0 Å². The van der Waals surface area contributed by atoms with Gasteiger partial charge in [-0.25, -0.2) is 17.7 Å². The number of rotatable bonds is 1. The maximum Gasteiger partial charge on any atom is 0 e. The summed E-state index contributed by atoms with van der Waals surface area (Å²) in [5, 5.41) is 0. The Morgan fingerprint density at radius 1 is 1.25 bits per heavy atom. The third kappa shape index (κ3) is 8.55. The second kappa shape index (κ2) is 13.5. The van der Waals surface area contributed by atoms with Gasteiger partial charge in [-0.05, 0) is 0 Å². The van der Waals surface area contributed by atoms with Gasteiger partial charge in [0, 0.05) is 25.8 Å². The molecule has 0 spiro atoms. The van der Waals surface area contributed by atoms with E-state index in [9.17, 15) is 0 Å². The predicted octanol–water partition coefficient (Wildman–Crippen LogP) is 4.62. The fraction of sp³-hybridized carbons (Fsp3) is 0.385. The van der Waals surface area contributed by atoms with Crippen LogP contribution in [0.4, 0.5) is 0 Å². The fourth-order valence-electron chi connectivity index (χ4n) is 1.34. The Hall–Kier alpha value is 0.410. The molecule has 3 heteroatoms. The first kappa shape index (κ1) is 21.7.